The van der Waals surface area contributed by atoms with E-state index in [9.17, 15) is 0 Å². The SMILES string of the molecule is C=C1CCCC2CCCCC12. The van der Waals surface area contributed by atoms with E-state index >= 15 is 0 Å². The van der Waals surface area contributed by atoms with Crippen LogP contribution in [0.15, 0.2) is 12.2 Å². The van der Waals surface area contributed by atoms with Crippen molar-refractivity contribution in [2.45, 2.75) is 44.9 Å². The molecule has 0 aromatic heterocycles. The van der Waals surface area contributed by atoms with Gasteiger partial charge in [0.05, 0.1) is 0 Å². The summed E-state index contributed by atoms with van der Waals surface area (Å²) in [6, 6.07) is 0. The normalized spacial score (nSPS) is 38.4. The van der Waals surface area contributed by atoms with Gasteiger partial charge in [0, 0.05) is 0 Å². The lowest BCUT2D eigenvalue weighted by Crippen LogP contribution is -2.24. The average molecular weight is 150 g/mol. The average Bonchev–Trinajstić information content (AvgIpc) is 2.06. The Balaban J connectivity index is 2.05. The van der Waals surface area contributed by atoms with Crippen molar-refractivity contribution < 1.29 is 0 Å². The maximum absolute atomic E-state index is 4.20. The molecule has 2 fully saturated rings. The fourth-order valence-corrected chi connectivity index (χ4v) is 2.87. The van der Waals surface area contributed by atoms with Gasteiger partial charge in [-0.1, -0.05) is 25.0 Å². The van der Waals surface area contributed by atoms with Gasteiger partial charge in [-0.3, -0.25) is 0 Å². The molecule has 2 unspecified atom stereocenters. The van der Waals surface area contributed by atoms with Gasteiger partial charge in [0.1, 0.15) is 0 Å². The van der Waals surface area contributed by atoms with Gasteiger partial charge in [0.25, 0.3) is 0 Å². The van der Waals surface area contributed by atoms with Crippen molar-refractivity contribution in [1.82, 2.24) is 0 Å². The molecule has 11 heavy (non-hydrogen) atoms. The van der Waals surface area contributed by atoms with Gasteiger partial charge in [-0.25, -0.2) is 0 Å². The molecule has 2 rings (SSSR count). The van der Waals surface area contributed by atoms with Crippen molar-refractivity contribution in [2.24, 2.45) is 11.8 Å². The highest BCUT2D eigenvalue weighted by Crippen LogP contribution is 2.42. The quantitative estimate of drug-likeness (QED) is 0.463. The zero-order chi connectivity index (χ0) is 7.68. The highest BCUT2D eigenvalue weighted by molar-refractivity contribution is 5.07. The van der Waals surface area contributed by atoms with Gasteiger partial charge in [0.2, 0.25) is 0 Å². The molecule has 2 atom stereocenters. The molecule has 0 nitrogen and oxygen atoms in total. The van der Waals surface area contributed by atoms with Crippen molar-refractivity contribution in [1.29, 1.82) is 0 Å². The van der Waals surface area contributed by atoms with Crippen LogP contribution in [0, 0.1) is 11.8 Å². The number of allylic oxidation sites excluding steroid dienone is 1. The summed E-state index contributed by atoms with van der Waals surface area (Å²) in [5, 5.41) is 0. The van der Waals surface area contributed by atoms with E-state index in [4.69, 9.17) is 0 Å². The predicted molar refractivity (Wildman–Crippen MR) is 48.4 cm³/mol. The van der Waals surface area contributed by atoms with E-state index < -0.39 is 0 Å². The van der Waals surface area contributed by atoms with Crippen molar-refractivity contribution in [3.63, 3.8) is 0 Å². The Hall–Kier alpha value is -0.260. The predicted octanol–water partition coefficient (Wildman–Crippen LogP) is 3.53. The molecule has 2 aliphatic carbocycles. The highest BCUT2D eigenvalue weighted by Gasteiger charge is 2.29. The molecule has 0 radical (unpaired) electrons. The molecule has 0 amide bonds. The third-order valence-electron chi connectivity index (χ3n) is 3.51. The van der Waals surface area contributed by atoms with E-state index in [-0.39, 0.29) is 0 Å². The second kappa shape index (κ2) is 3.00. The number of hydrogen-bond donors (Lipinski definition) is 0. The van der Waals surface area contributed by atoms with Crippen molar-refractivity contribution >= 4 is 0 Å². The van der Waals surface area contributed by atoms with Crippen LogP contribution in [0.4, 0.5) is 0 Å². The fourth-order valence-electron chi connectivity index (χ4n) is 2.87. The first-order chi connectivity index (χ1) is 5.38. The molecule has 0 aromatic carbocycles. The van der Waals surface area contributed by atoms with Gasteiger partial charge < -0.3 is 0 Å². The maximum atomic E-state index is 4.20. The van der Waals surface area contributed by atoms with Gasteiger partial charge in [-0.05, 0) is 43.9 Å². The molecule has 2 aliphatic rings. The summed E-state index contributed by atoms with van der Waals surface area (Å²) in [5.74, 6) is 1.96. The highest BCUT2D eigenvalue weighted by atomic mass is 14.3. The Labute approximate surface area is 69.7 Å². The van der Waals surface area contributed by atoms with Crippen molar-refractivity contribution in [3.05, 3.63) is 12.2 Å². The van der Waals surface area contributed by atoms with Crippen LogP contribution in [0.1, 0.15) is 44.9 Å². The monoisotopic (exact) mass is 150 g/mol. The number of hydrogen-bond acceptors (Lipinski definition) is 0. The molecule has 62 valence electrons. The summed E-state index contributed by atoms with van der Waals surface area (Å²) < 4.78 is 0. The van der Waals surface area contributed by atoms with Gasteiger partial charge >= 0.3 is 0 Å². The zero-order valence-electron chi connectivity index (χ0n) is 7.31. The van der Waals surface area contributed by atoms with Crippen LogP contribution in [0.5, 0.6) is 0 Å². The summed E-state index contributed by atoms with van der Waals surface area (Å²) in [7, 11) is 0. The number of rotatable bonds is 0. The summed E-state index contributed by atoms with van der Waals surface area (Å²) in [6.45, 7) is 4.20. The largest absolute Gasteiger partial charge is 0.0996 e. The second-order valence-electron chi connectivity index (χ2n) is 4.20. The van der Waals surface area contributed by atoms with Crippen molar-refractivity contribution in [2.75, 3.05) is 0 Å². The summed E-state index contributed by atoms with van der Waals surface area (Å²) in [5.41, 5.74) is 1.57. The Morgan fingerprint density at radius 1 is 1.00 bits per heavy atom. The van der Waals surface area contributed by atoms with Gasteiger partial charge in [-0.2, -0.15) is 0 Å². The van der Waals surface area contributed by atoms with E-state index in [1.807, 2.05) is 0 Å². The minimum atomic E-state index is 0.928. The van der Waals surface area contributed by atoms with Crippen LogP contribution in [0.25, 0.3) is 0 Å². The topological polar surface area (TPSA) is 0 Å². The molecule has 0 bridgehead atoms. The lowest BCUT2D eigenvalue weighted by atomic mass is 9.69. The van der Waals surface area contributed by atoms with E-state index in [0.717, 1.165) is 11.8 Å². The van der Waals surface area contributed by atoms with E-state index in [2.05, 4.69) is 6.58 Å². The molecule has 0 heteroatoms. The Kier molecular flexibility index (Phi) is 2.02. The van der Waals surface area contributed by atoms with Crippen LogP contribution in [0.2, 0.25) is 0 Å². The lowest BCUT2D eigenvalue weighted by Gasteiger charge is -2.37. The lowest BCUT2D eigenvalue weighted by molar-refractivity contribution is 0.224. The number of fused-ring (bicyclic) bond motifs is 1. The van der Waals surface area contributed by atoms with Crippen LogP contribution in [-0.2, 0) is 0 Å². The molecular weight excluding hydrogens is 132 g/mol. The summed E-state index contributed by atoms with van der Waals surface area (Å²) in [6.07, 6.45) is 10.1. The van der Waals surface area contributed by atoms with Gasteiger partial charge in [-0.15, -0.1) is 0 Å². The third-order valence-corrected chi connectivity index (χ3v) is 3.51. The molecular formula is C11H18. The minimum Gasteiger partial charge on any atom is -0.0996 e. The Morgan fingerprint density at radius 2 is 1.73 bits per heavy atom. The summed E-state index contributed by atoms with van der Waals surface area (Å²) in [4.78, 5) is 0. The van der Waals surface area contributed by atoms with E-state index in [1.165, 1.54) is 44.9 Å². The molecule has 0 heterocycles. The molecule has 0 aliphatic heterocycles. The van der Waals surface area contributed by atoms with Gasteiger partial charge in [0.15, 0.2) is 0 Å². The van der Waals surface area contributed by atoms with Crippen LogP contribution >= 0.6 is 0 Å². The van der Waals surface area contributed by atoms with E-state index in [1.54, 1.807) is 5.57 Å². The first kappa shape index (κ1) is 7.39. The molecule has 2 saturated carbocycles. The zero-order valence-corrected chi connectivity index (χ0v) is 7.31. The van der Waals surface area contributed by atoms with Crippen LogP contribution < -0.4 is 0 Å². The first-order valence-electron chi connectivity index (χ1n) is 5.05. The second-order valence-corrected chi connectivity index (χ2v) is 4.20. The van der Waals surface area contributed by atoms with E-state index in [0.29, 0.717) is 0 Å². The molecule has 0 N–H and O–H groups in total. The molecule has 0 aromatic rings. The Morgan fingerprint density at radius 3 is 2.55 bits per heavy atom. The smallest absolute Gasteiger partial charge is 0.0178 e. The molecule has 0 saturated heterocycles. The molecule has 0 spiro atoms. The summed E-state index contributed by atoms with van der Waals surface area (Å²) >= 11 is 0. The van der Waals surface area contributed by atoms with Crippen LogP contribution in [0.3, 0.4) is 0 Å². The standard InChI is InChI=1S/C11H18/c1-9-5-4-7-10-6-2-3-8-11(9)10/h10-11H,1-8H2. The Bertz CT molecular complexity index is 155. The first-order valence-corrected chi connectivity index (χ1v) is 5.05. The third kappa shape index (κ3) is 1.36. The maximum Gasteiger partial charge on any atom is -0.0178 e. The minimum absolute atomic E-state index is 0.928. The van der Waals surface area contributed by atoms with Crippen molar-refractivity contribution in [3.8, 4) is 0 Å². The van der Waals surface area contributed by atoms with Crippen LogP contribution in [-0.4, -0.2) is 0 Å². The fraction of sp³-hybridized carbons (Fsp3) is 0.818.